The second kappa shape index (κ2) is 5.63. The van der Waals surface area contributed by atoms with E-state index in [4.69, 9.17) is 0 Å². The van der Waals surface area contributed by atoms with Crippen molar-refractivity contribution < 1.29 is 9.59 Å². The van der Waals surface area contributed by atoms with E-state index >= 15 is 0 Å². The maximum Gasteiger partial charge on any atom is 0.247 e. The van der Waals surface area contributed by atoms with Crippen molar-refractivity contribution in [2.45, 2.75) is 65.6 Å². The highest BCUT2D eigenvalue weighted by atomic mass is 16.2. The van der Waals surface area contributed by atoms with Gasteiger partial charge in [0, 0.05) is 12.1 Å². The van der Waals surface area contributed by atoms with Gasteiger partial charge in [0.2, 0.25) is 11.8 Å². The first-order valence-corrected chi connectivity index (χ1v) is 6.50. The maximum absolute atomic E-state index is 12.1. The van der Waals surface area contributed by atoms with Gasteiger partial charge in [-0.1, -0.05) is 20.8 Å². The minimum absolute atomic E-state index is 0.0103. The van der Waals surface area contributed by atoms with E-state index < -0.39 is 0 Å². The number of hydrogen-bond acceptors (Lipinski definition) is 3. The molecule has 1 rings (SSSR count). The van der Waals surface area contributed by atoms with E-state index in [0.717, 1.165) is 6.42 Å². The highest BCUT2D eigenvalue weighted by molar-refractivity contribution is 6.05. The molecule has 1 saturated heterocycles. The summed E-state index contributed by atoms with van der Waals surface area (Å²) in [5.74, 6) is 0.352. The van der Waals surface area contributed by atoms with Gasteiger partial charge >= 0.3 is 0 Å². The number of carbonyl (C=O) groups excluding carboxylic acids is 2. The summed E-state index contributed by atoms with van der Waals surface area (Å²) < 4.78 is 0. The predicted molar refractivity (Wildman–Crippen MR) is 67.4 cm³/mol. The molecule has 1 fully saturated rings. The highest BCUT2D eigenvalue weighted by Gasteiger charge is 2.40. The molecule has 0 bridgehead atoms. The first-order chi connectivity index (χ1) is 7.88. The molecule has 1 aliphatic heterocycles. The molecule has 0 spiro atoms. The van der Waals surface area contributed by atoms with Gasteiger partial charge in [0.1, 0.15) is 0 Å². The molecular weight excluding hydrogens is 216 g/mol. The summed E-state index contributed by atoms with van der Waals surface area (Å²) in [7, 11) is 0. The minimum atomic E-state index is -0.325. The summed E-state index contributed by atoms with van der Waals surface area (Å²) in [5.41, 5.74) is 0. The van der Waals surface area contributed by atoms with E-state index in [2.05, 4.69) is 19.2 Å². The van der Waals surface area contributed by atoms with Gasteiger partial charge in [-0.3, -0.25) is 14.5 Å². The second-order valence-corrected chi connectivity index (χ2v) is 5.32. The van der Waals surface area contributed by atoms with Crippen LogP contribution >= 0.6 is 0 Å². The SMILES string of the molecule is CCC(C)N1C(=O)CC(NC(C)C(C)C)C1=O. The Hall–Kier alpha value is -0.900. The molecule has 0 aromatic rings. The third kappa shape index (κ3) is 3.06. The van der Waals surface area contributed by atoms with E-state index in [1.54, 1.807) is 0 Å². The van der Waals surface area contributed by atoms with Gasteiger partial charge in [-0.15, -0.1) is 0 Å². The van der Waals surface area contributed by atoms with Crippen molar-refractivity contribution in [3.63, 3.8) is 0 Å². The van der Waals surface area contributed by atoms with E-state index in [0.29, 0.717) is 12.3 Å². The second-order valence-electron chi connectivity index (χ2n) is 5.32. The lowest BCUT2D eigenvalue weighted by Gasteiger charge is -2.24. The first-order valence-electron chi connectivity index (χ1n) is 6.50. The van der Waals surface area contributed by atoms with Crippen LogP contribution < -0.4 is 5.32 Å². The molecule has 0 aliphatic carbocycles. The third-order valence-corrected chi connectivity index (χ3v) is 3.68. The lowest BCUT2D eigenvalue weighted by atomic mass is 10.0. The fraction of sp³-hybridized carbons (Fsp3) is 0.846. The number of hydrogen-bond donors (Lipinski definition) is 1. The van der Waals surface area contributed by atoms with Crippen LogP contribution in [0, 0.1) is 5.92 Å². The molecule has 1 N–H and O–H groups in total. The normalized spacial score (nSPS) is 24.6. The smallest absolute Gasteiger partial charge is 0.247 e. The van der Waals surface area contributed by atoms with Crippen molar-refractivity contribution in [3.8, 4) is 0 Å². The van der Waals surface area contributed by atoms with Gasteiger partial charge in [0.05, 0.1) is 12.5 Å². The van der Waals surface area contributed by atoms with Crippen molar-refractivity contribution >= 4 is 11.8 Å². The Morgan fingerprint density at radius 3 is 2.35 bits per heavy atom. The number of amides is 2. The van der Waals surface area contributed by atoms with Gasteiger partial charge in [-0.05, 0) is 26.2 Å². The van der Waals surface area contributed by atoms with Crippen LogP contribution in [0.2, 0.25) is 0 Å². The van der Waals surface area contributed by atoms with Crippen LogP contribution in [0.1, 0.15) is 47.5 Å². The zero-order valence-electron chi connectivity index (χ0n) is 11.5. The highest BCUT2D eigenvalue weighted by Crippen LogP contribution is 2.19. The molecule has 4 heteroatoms. The van der Waals surface area contributed by atoms with E-state index in [1.807, 2.05) is 20.8 Å². The topological polar surface area (TPSA) is 49.4 Å². The molecule has 3 unspecified atom stereocenters. The average molecular weight is 240 g/mol. The maximum atomic E-state index is 12.1. The Kier molecular flexibility index (Phi) is 4.69. The average Bonchev–Trinajstić information content (AvgIpc) is 2.53. The molecule has 1 heterocycles. The Morgan fingerprint density at radius 1 is 1.29 bits per heavy atom. The quantitative estimate of drug-likeness (QED) is 0.742. The summed E-state index contributed by atoms with van der Waals surface area (Å²) in [6, 6.07) is -0.0707. The predicted octanol–water partition coefficient (Wildman–Crippen LogP) is 1.55. The van der Waals surface area contributed by atoms with Crippen molar-refractivity contribution in [3.05, 3.63) is 0 Å². The lowest BCUT2D eigenvalue weighted by molar-refractivity contribution is -0.141. The molecule has 4 nitrogen and oxygen atoms in total. The summed E-state index contributed by atoms with van der Waals surface area (Å²) in [4.78, 5) is 25.4. The Morgan fingerprint density at radius 2 is 1.88 bits per heavy atom. The monoisotopic (exact) mass is 240 g/mol. The van der Waals surface area contributed by atoms with Gasteiger partial charge in [-0.2, -0.15) is 0 Å². The Bertz CT molecular complexity index is 302. The summed E-state index contributed by atoms with van der Waals surface area (Å²) >= 11 is 0. The number of carbonyl (C=O) groups is 2. The molecule has 0 saturated carbocycles. The Balaban J connectivity index is 2.68. The summed E-state index contributed by atoms with van der Waals surface area (Å²) in [5, 5.41) is 3.26. The summed E-state index contributed by atoms with van der Waals surface area (Å²) in [6.07, 6.45) is 1.12. The van der Waals surface area contributed by atoms with Crippen LogP contribution in [0.5, 0.6) is 0 Å². The minimum Gasteiger partial charge on any atom is -0.303 e. The van der Waals surface area contributed by atoms with Crippen LogP contribution in [0.4, 0.5) is 0 Å². The summed E-state index contributed by atoms with van der Waals surface area (Å²) in [6.45, 7) is 10.2. The Labute approximate surface area is 104 Å². The zero-order chi connectivity index (χ0) is 13.2. The van der Waals surface area contributed by atoms with Crippen LogP contribution in [0.25, 0.3) is 0 Å². The zero-order valence-corrected chi connectivity index (χ0v) is 11.5. The molecule has 1 aliphatic rings. The van der Waals surface area contributed by atoms with Crippen molar-refractivity contribution in [1.82, 2.24) is 10.2 Å². The van der Waals surface area contributed by atoms with Crippen LogP contribution in [0.3, 0.4) is 0 Å². The number of nitrogens with zero attached hydrogens (tertiary/aromatic N) is 1. The standard InChI is InChI=1S/C13H24N2O2/c1-6-9(4)15-12(16)7-11(13(15)17)14-10(5)8(2)3/h8-11,14H,6-7H2,1-5H3. The number of imide groups is 1. The third-order valence-electron chi connectivity index (χ3n) is 3.68. The molecule has 0 aromatic carbocycles. The number of likely N-dealkylation sites (tertiary alicyclic amines) is 1. The van der Waals surface area contributed by atoms with Gasteiger partial charge in [-0.25, -0.2) is 0 Å². The van der Waals surface area contributed by atoms with E-state index in [1.165, 1.54) is 4.90 Å². The molecule has 2 amide bonds. The van der Waals surface area contributed by atoms with Crippen molar-refractivity contribution in [1.29, 1.82) is 0 Å². The number of nitrogens with one attached hydrogen (secondary N) is 1. The first kappa shape index (κ1) is 14.2. The van der Waals surface area contributed by atoms with Crippen LogP contribution in [-0.2, 0) is 9.59 Å². The number of rotatable bonds is 5. The fourth-order valence-corrected chi connectivity index (χ4v) is 1.94. The molecule has 0 radical (unpaired) electrons. The largest absolute Gasteiger partial charge is 0.303 e. The van der Waals surface area contributed by atoms with Crippen molar-refractivity contribution in [2.75, 3.05) is 0 Å². The van der Waals surface area contributed by atoms with Gasteiger partial charge in [0.15, 0.2) is 0 Å². The molecule has 3 atom stereocenters. The molecule has 98 valence electrons. The molecule has 17 heavy (non-hydrogen) atoms. The molecule has 0 aromatic heterocycles. The van der Waals surface area contributed by atoms with Gasteiger partial charge in [0.25, 0.3) is 0 Å². The van der Waals surface area contributed by atoms with Crippen LogP contribution in [-0.4, -0.2) is 34.8 Å². The molecular formula is C13H24N2O2. The van der Waals surface area contributed by atoms with Gasteiger partial charge < -0.3 is 5.32 Å². The fourth-order valence-electron chi connectivity index (χ4n) is 1.94. The van der Waals surface area contributed by atoms with Crippen LogP contribution in [0.15, 0.2) is 0 Å². The van der Waals surface area contributed by atoms with Crippen molar-refractivity contribution in [2.24, 2.45) is 5.92 Å². The lowest BCUT2D eigenvalue weighted by Crippen LogP contribution is -2.46. The van der Waals surface area contributed by atoms with E-state index in [9.17, 15) is 9.59 Å². The van der Waals surface area contributed by atoms with E-state index in [-0.39, 0.29) is 29.9 Å².